The van der Waals surface area contributed by atoms with Crippen LogP contribution in [0, 0.1) is 0 Å². The normalized spacial score (nSPS) is 14.2. The summed E-state index contributed by atoms with van der Waals surface area (Å²) in [5.74, 6) is -1.65. The molecular weight excluding hydrogens is 1020 g/mol. The maximum atomic E-state index is 13.0. The molecular formula is C68H111O11P. The number of hydrogen-bond acceptors (Lipinski definition) is 10. The highest BCUT2D eigenvalue weighted by Crippen LogP contribution is 2.43. The maximum Gasteiger partial charge on any atom is 0.472 e. The first-order valence-electron chi connectivity index (χ1n) is 31.1. The molecule has 0 aromatic carbocycles. The van der Waals surface area contributed by atoms with Crippen molar-refractivity contribution in [3.05, 3.63) is 134 Å². The minimum atomic E-state index is -4.79. The van der Waals surface area contributed by atoms with Crippen molar-refractivity contribution < 1.29 is 52.2 Å². The lowest BCUT2D eigenvalue weighted by atomic mass is 10.1. The Labute approximate surface area is 487 Å². The van der Waals surface area contributed by atoms with Crippen molar-refractivity contribution in [1.82, 2.24) is 0 Å². The number of aliphatic hydroxyl groups is 1. The van der Waals surface area contributed by atoms with Gasteiger partial charge in [0.1, 0.15) is 12.7 Å². The number of hydrogen-bond donors (Lipinski definition) is 2. The Morgan fingerprint density at radius 1 is 0.375 bits per heavy atom. The Bertz CT molecular complexity index is 1850. The Balaban J connectivity index is 4.86. The summed E-state index contributed by atoms with van der Waals surface area (Å²) >= 11 is 0. The summed E-state index contributed by atoms with van der Waals surface area (Å²) in [5.41, 5.74) is 0. The van der Waals surface area contributed by atoms with E-state index in [-0.39, 0.29) is 25.9 Å². The van der Waals surface area contributed by atoms with Crippen molar-refractivity contribution in [3.63, 3.8) is 0 Å². The summed E-state index contributed by atoms with van der Waals surface area (Å²) in [7, 11) is -4.79. The van der Waals surface area contributed by atoms with E-state index in [1.807, 2.05) is 18.2 Å². The topological polar surface area (TPSA) is 155 Å². The summed E-state index contributed by atoms with van der Waals surface area (Å²) in [6, 6.07) is 0. The first-order valence-corrected chi connectivity index (χ1v) is 32.6. The van der Waals surface area contributed by atoms with Crippen molar-refractivity contribution in [2.24, 2.45) is 0 Å². The van der Waals surface area contributed by atoms with Gasteiger partial charge >= 0.3 is 25.7 Å². The number of phosphoric ester groups is 1. The molecule has 0 saturated heterocycles. The Kier molecular flexibility index (Phi) is 57.4. The van der Waals surface area contributed by atoms with Crippen LogP contribution in [0.3, 0.4) is 0 Å². The summed E-state index contributed by atoms with van der Waals surface area (Å²) in [6.07, 6.45) is 77.2. The number of unbranched alkanes of at least 4 members (excludes halogenated alkanes) is 18. The molecule has 0 heterocycles. The molecule has 0 rings (SSSR count). The zero-order valence-corrected chi connectivity index (χ0v) is 51.1. The predicted molar refractivity (Wildman–Crippen MR) is 334 cm³/mol. The van der Waals surface area contributed by atoms with Gasteiger partial charge in [0.2, 0.25) is 0 Å². The quantitative estimate of drug-likeness (QED) is 0.0197. The van der Waals surface area contributed by atoms with Crippen LogP contribution in [-0.4, -0.2) is 66.5 Å². The van der Waals surface area contributed by atoms with Crippen molar-refractivity contribution in [3.8, 4) is 0 Å². The Hall–Kier alpha value is -4.38. The van der Waals surface area contributed by atoms with Crippen molar-refractivity contribution in [2.75, 3.05) is 26.4 Å². The summed E-state index contributed by atoms with van der Waals surface area (Å²) in [6.45, 7) is 4.27. The van der Waals surface area contributed by atoms with Crippen molar-refractivity contribution >= 4 is 25.7 Å². The minimum absolute atomic E-state index is 0.0635. The zero-order valence-electron chi connectivity index (χ0n) is 50.2. The fourth-order valence-corrected chi connectivity index (χ4v) is 8.71. The standard InChI is InChI=1S/C68H111O11P/c1-4-7-10-13-16-19-22-25-28-30-32-34-37-39-42-45-48-51-54-57-66(70)75-61-65(79-68(72)59-56-53-50-47-44-41-38-35-33-31-29-26-23-20-17-14-11-8-5-2)63-77-80(73,74)76-62-64(60-69)78-67(71)58-55-52-49-46-43-40-36-27-24-21-18-15-12-9-6-3/h7,9-10,12,16,18-19,21,25-29,32,34,36,39,42-43,46,52,55,64-65,69H,4-6,8,11,13-15,17,20,22-24,30-31,33,35,37-38,40-41,44-45,47-51,53-54,56-63H2,1-3H3,(H,73,74)/b10-7-,12-9-,19-16-,21-18-,28-25-,29-26-,34-32-,36-27-,42-39-,46-43-,55-52-. The molecule has 0 aliphatic carbocycles. The van der Waals surface area contributed by atoms with Gasteiger partial charge < -0.3 is 24.2 Å². The van der Waals surface area contributed by atoms with Crippen LogP contribution in [0.25, 0.3) is 0 Å². The smallest absolute Gasteiger partial charge is 0.462 e. The first-order chi connectivity index (χ1) is 39.2. The first kappa shape index (κ1) is 75.6. The van der Waals surface area contributed by atoms with Gasteiger partial charge in [-0.3, -0.25) is 23.4 Å². The van der Waals surface area contributed by atoms with Crippen LogP contribution in [0.1, 0.15) is 239 Å². The van der Waals surface area contributed by atoms with Crippen molar-refractivity contribution in [2.45, 2.75) is 251 Å². The number of carbonyl (C=O) groups excluding carboxylic acids is 3. The highest BCUT2D eigenvalue weighted by molar-refractivity contribution is 7.47. The lowest BCUT2D eigenvalue weighted by Gasteiger charge is -2.21. The number of ether oxygens (including phenoxy) is 3. The lowest BCUT2D eigenvalue weighted by molar-refractivity contribution is -0.161. The molecule has 0 aromatic rings. The third-order valence-corrected chi connectivity index (χ3v) is 13.5. The maximum absolute atomic E-state index is 13.0. The van der Waals surface area contributed by atoms with Crippen LogP contribution in [0.4, 0.5) is 0 Å². The largest absolute Gasteiger partial charge is 0.472 e. The molecule has 0 radical (unpaired) electrons. The molecule has 0 aromatic heterocycles. The monoisotopic (exact) mass is 1130 g/mol. The number of phosphoric acid groups is 1. The second kappa shape index (κ2) is 60.7. The summed E-state index contributed by atoms with van der Waals surface area (Å²) in [5, 5.41) is 9.82. The average Bonchev–Trinajstić information content (AvgIpc) is 3.45. The highest BCUT2D eigenvalue weighted by atomic mass is 31.2. The average molecular weight is 1140 g/mol. The molecule has 0 fully saturated rings. The number of rotatable bonds is 56. The van der Waals surface area contributed by atoms with Crippen LogP contribution < -0.4 is 0 Å². The number of carbonyl (C=O) groups is 3. The molecule has 0 spiro atoms. The number of aliphatic hydroxyl groups excluding tert-OH is 1. The van der Waals surface area contributed by atoms with E-state index in [1.165, 1.54) is 83.5 Å². The Morgan fingerprint density at radius 2 is 0.700 bits per heavy atom. The van der Waals surface area contributed by atoms with E-state index in [2.05, 4.69) is 130 Å². The van der Waals surface area contributed by atoms with Gasteiger partial charge in [-0.15, -0.1) is 0 Å². The van der Waals surface area contributed by atoms with Crippen LogP contribution in [0.2, 0.25) is 0 Å². The summed E-state index contributed by atoms with van der Waals surface area (Å²) in [4.78, 5) is 48.6. The Morgan fingerprint density at radius 3 is 1.12 bits per heavy atom. The minimum Gasteiger partial charge on any atom is -0.462 e. The van der Waals surface area contributed by atoms with E-state index in [9.17, 15) is 28.9 Å². The van der Waals surface area contributed by atoms with Gasteiger partial charge in [-0.2, -0.15) is 0 Å². The van der Waals surface area contributed by atoms with Crippen LogP contribution in [-0.2, 0) is 42.2 Å². The van der Waals surface area contributed by atoms with E-state index in [4.69, 9.17) is 23.3 Å². The molecule has 3 unspecified atom stereocenters. The predicted octanol–water partition coefficient (Wildman–Crippen LogP) is 18.9. The van der Waals surface area contributed by atoms with E-state index >= 15 is 0 Å². The summed E-state index contributed by atoms with van der Waals surface area (Å²) < 4.78 is 39.5. The molecule has 0 saturated carbocycles. The second-order valence-corrected chi connectivity index (χ2v) is 21.6. The third-order valence-electron chi connectivity index (χ3n) is 12.6. The second-order valence-electron chi connectivity index (χ2n) is 20.1. The van der Waals surface area contributed by atoms with Gasteiger partial charge in [0.05, 0.1) is 26.2 Å². The number of allylic oxidation sites excluding steroid dienone is 21. The van der Waals surface area contributed by atoms with Crippen molar-refractivity contribution in [1.29, 1.82) is 0 Å². The molecule has 0 aliphatic heterocycles. The molecule has 12 heteroatoms. The van der Waals surface area contributed by atoms with Crippen LogP contribution in [0.15, 0.2) is 134 Å². The van der Waals surface area contributed by atoms with Gasteiger partial charge in [-0.05, 0) is 116 Å². The molecule has 454 valence electrons. The van der Waals surface area contributed by atoms with E-state index in [1.54, 1.807) is 6.08 Å². The molecule has 2 N–H and O–H groups in total. The fraction of sp³-hybridized carbons (Fsp3) is 0.632. The molecule has 0 amide bonds. The van der Waals surface area contributed by atoms with E-state index in [0.29, 0.717) is 19.3 Å². The molecule has 3 atom stereocenters. The highest BCUT2D eigenvalue weighted by Gasteiger charge is 2.28. The van der Waals surface area contributed by atoms with E-state index < -0.39 is 57.8 Å². The van der Waals surface area contributed by atoms with E-state index in [0.717, 1.165) is 96.3 Å². The molecule has 11 nitrogen and oxygen atoms in total. The lowest BCUT2D eigenvalue weighted by Crippen LogP contribution is -2.30. The van der Waals surface area contributed by atoms with Crippen LogP contribution >= 0.6 is 7.82 Å². The third kappa shape index (κ3) is 58.3. The van der Waals surface area contributed by atoms with Gasteiger partial charge in [-0.1, -0.05) is 238 Å². The van der Waals surface area contributed by atoms with Crippen LogP contribution in [0.5, 0.6) is 0 Å². The molecule has 0 bridgehead atoms. The van der Waals surface area contributed by atoms with Gasteiger partial charge in [-0.25, -0.2) is 4.57 Å². The zero-order chi connectivity index (χ0) is 58.3. The molecule has 80 heavy (non-hydrogen) atoms. The fourth-order valence-electron chi connectivity index (χ4n) is 7.92. The number of esters is 3. The SMILES string of the molecule is CC/C=C\C/C=C\C/C=C\C/C=C\C/C=C\CCCCCC(=O)OCC(COP(=O)(O)OCC(CO)OC(=O)C/C=C\C/C=C\C/C=C\C/C=C\C/C=C\CC)OC(=O)CCCCCCCCCCC/C=C\CCCCCCCC. The van der Waals surface area contributed by atoms with Gasteiger partial charge in [0, 0.05) is 12.8 Å². The van der Waals surface area contributed by atoms with Gasteiger partial charge in [0.25, 0.3) is 0 Å². The van der Waals surface area contributed by atoms with Gasteiger partial charge in [0.15, 0.2) is 6.10 Å². The molecule has 0 aliphatic rings.